The average Bonchev–Trinajstić information content (AvgIpc) is 3.44. The second-order valence-electron chi connectivity index (χ2n) is 11.7. The van der Waals surface area contributed by atoms with Crippen LogP contribution in [0.15, 0.2) is 4.52 Å². The van der Waals surface area contributed by atoms with E-state index in [0.717, 1.165) is 64.1 Å². The van der Waals surface area contributed by atoms with Gasteiger partial charge in [0.15, 0.2) is 0 Å². The van der Waals surface area contributed by atoms with E-state index in [4.69, 9.17) is 9.26 Å². The van der Waals surface area contributed by atoms with E-state index in [1.54, 1.807) is 0 Å². The van der Waals surface area contributed by atoms with Crippen molar-refractivity contribution in [3.63, 3.8) is 0 Å². The standard InChI is InChI=1S/C27H41FN6O3/c1-17(2)22-18(3)23(19(4)28)34(30-22)25-29-24(37-31-25)21-10-12-32(13-11-21)16-20-8-14-33(15-9-20)26(35)36-27(5,6)7/h17,20-21H,3,8-16H2,1-2,4-7H3. The molecule has 2 fully saturated rings. The van der Waals surface area contributed by atoms with E-state index in [9.17, 15) is 9.18 Å². The molecule has 2 aromatic heterocycles. The van der Waals surface area contributed by atoms with Crippen LogP contribution >= 0.6 is 0 Å². The van der Waals surface area contributed by atoms with Crippen LogP contribution in [0, 0.1) is 5.92 Å². The van der Waals surface area contributed by atoms with Crippen molar-refractivity contribution in [3.05, 3.63) is 22.2 Å². The molecule has 1 amide bonds. The number of amides is 1. The molecule has 0 spiro atoms. The first kappa shape index (κ1) is 27.3. The summed E-state index contributed by atoms with van der Waals surface area (Å²) >= 11 is 0. The molecule has 2 aliphatic heterocycles. The van der Waals surface area contributed by atoms with Gasteiger partial charge in [0.25, 0.3) is 5.95 Å². The molecule has 10 heteroatoms. The Bertz CT molecular complexity index is 1190. The highest BCUT2D eigenvalue weighted by atomic mass is 19.1. The van der Waals surface area contributed by atoms with Crippen LogP contribution in [0.1, 0.15) is 90.6 Å². The van der Waals surface area contributed by atoms with Crippen LogP contribution in [0.5, 0.6) is 0 Å². The molecule has 0 atom stereocenters. The number of carbonyl (C=O) groups excluding carboxylic acids is 1. The van der Waals surface area contributed by atoms with Gasteiger partial charge in [-0.1, -0.05) is 20.4 Å². The van der Waals surface area contributed by atoms with Crippen LogP contribution in [0.25, 0.3) is 18.4 Å². The maximum atomic E-state index is 14.3. The van der Waals surface area contributed by atoms with Crippen molar-refractivity contribution < 1.29 is 18.4 Å². The largest absolute Gasteiger partial charge is 0.444 e. The van der Waals surface area contributed by atoms with Crippen LogP contribution in [0.3, 0.4) is 0 Å². The summed E-state index contributed by atoms with van der Waals surface area (Å²) in [6, 6.07) is 0. The lowest BCUT2D eigenvalue weighted by atomic mass is 9.93. The molecular formula is C27H41FN6O3. The molecule has 0 aliphatic carbocycles. The van der Waals surface area contributed by atoms with E-state index in [1.165, 1.54) is 11.6 Å². The molecule has 2 saturated heterocycles. The first-order chi connectivity index (χ1) is 17.4. The monoisotopic (exact) mass is 516 g/mol. The van der Waals surface area contributed by atoms with Gasteiger partial charge in [-0.3, -0.25) is 0 Å². The minimum Gasteiger partial charge on any atom is -0.444 e. The van der Waals surface area contributed by atoms with Crippen molar-refractivity contribution in [2.24, 2.45) is 5.92 Å². The van der Waals surface area contributed by atoms with Crippen LogP contribution in [0.2, 0.25) is 0 Å². The zero-order valence-corrected chi connectivity index (χ0v) is 23.1. The van der Waals surface area contributed by atoms with Crippen molar-refractivity contribution >= 4 is 18.5 Å². The van der Waals surface area contributed by atoms with Gasteiger partial charge in [-0.2, -0.15) is 14.8 Å². The Morgan fingerprint density at radius 1 is 1.16 bits per heavy atom. The minimum absolute atomic E-state index is 0.104. The van der Waals surface area contributed by atoms with Gasteiger partial charge < -0.3 is 19.1 Å². The van der Waals surface area contributed by atoms with Crippen LogP contribution in [-0.4, -0.2) is 74.1 Å². The highest BCUT2D eigenvalue weighted by Gasteiger charge is 2.30. The number of halogens is 1. The molecule has 2 aromatic rings. The predicted octanol–water partition coefficient (Wildman–Crippen LogP) is 3.71. The number of likely N-dealkylation sites (tertiary alicyclic amines) is 2. The number of piperidine rings is 2. The smallest absolute Gasteiger partial charge is 0.410 e. The lowest BCUT2D eigenvalue weighted by molar-refractivity contribution is 0.0165. The van der Waals surface area contributed by atoms with Gasteiger partial charge in [-0.05, 0) is 83.5 Å². The van der Waals surface area contributed by atoms with Crippen LogP contribution in [-0.2, 0) is 4.74 Å². The fourth-order valence-corrected chi connectivity index (χ4v) is 5.26. The first-order valence-corrected chi connectivity index (χ1v) is 13.4. The Kier molecular flexibility index (Phi) is 8.06. The number of carbonyl (C=O) groups is 1. The molecule has 9 nitrogen and oxygen atoms in total. The Morgan fingerprint density at radius 3 is 2.38 bits per heavy atom. The summed E-state index contributed by atoms with van der Waals surface area (Å²) in [4.78, 5) is 21.2. The summed E-state index contributed by atoms with van der Waals surface area (Å²) in [5.41, 5.74) is 0.263. The van der Waals surface area contributed by atoms with Gasteiger partial charge in [-0.25, -0.2) is 9.18 Å². The third-order valence-electron chi connectivity index (χ3n) is 7.23. The number of aromatic nitrogens is 4. The normalized spacial score (nSPS) is 19.5. The van der Waals surface area contributed by atoms with E-state index >= 15 is 0 Å². The molecule has 0 N–H and O–H groups in total. The Hall–Kier alpha value is -2.75. The summed E-state index contributed by atoms with van der Waals surface area (Å²) in [5, 5.41) is 9.52. The highest BCUT2D eigenvalue weighted by Crippen LogP contribution is 2.29. The van der Waals surface area contributed by atoms with Crippen molar-refractivity contribution in [2.45, 2.75) is 84.7 Å². The van der Waals surface area contributed by atoms with E-state index in [-0.39, 0.29) is 29.7 Å². The molecule has 0 radical (unpaired) electrons. The lowest BCUT2D eigenvalue weighted by Crippen LogP contribution is -2.44. The summed E-state index contributed by atoms with van der Waals surface area (Å²) in [7, 11) is 0. The third-order valence-corrected chi connectivity index (χ3v) is 7.23. The second-order valence-corrected chi connectivity index (χ2v) is 11.7. The molecule has 0 saturated carbocycles. The van der Waals surface area contributed by atoms with Gasteiger partial charge in [0.2, 0.25) is 5.89 Å². The van der Waals surface area contributed by atoms with Crippen molar-refractivity contribution in [2.75, 3.05) is 32.7 Å². The van der Waals surface area contributed by atoms with Gasteiger partial charge in [0, 0.05) is 30.8 Å². The second kappa shape index (κ2) is 10.9. The van der Waals surface area contributed by atoms with Crippen LogP contribution < -0.4 is 10.6 Å². The third kappa shape index (κ3) is 6.40. The van der Waals surface area contributed by atoms with Crippen molar-refractivity contribution in [3.8, 4) is 5.95 Å². The maximum Gasteiger partial charge on any atom is 0.410 e. The van der Waals surface area contributed by atoms with E-state index in [1.807, 2.05) is 39.5 Å². The summed E-state index contributed by atoms with van der Waals surface area (Å²) < 4.78 is 26.9. The summed E-state index contributed by atoms with van der Waals surface area (Å²) in [6.45, 7) is 19.6. The Balaban J connectivity index is 1.31. The molecule has 204 valence electrons. The number of rotatable bonds is 5. The van der Waals surface area contributed by atoms with E-state index in [2.05, 4.69) is 26.7 Å². The number of ether oxygens (including phenoxy) is 1. The maximum absolute atomic E-state index is 14.3. The van der Waals surface area contributed by atoms with E-state index in [0.29, 0.717) is 22.4 Å². The molecule has 0 bridgehead atoms. The number of nitrogens with zero attached hydrogens (tertiary/aromatic N) is 6. The minimum atomic E-state index is -0.462. The molecular weight excluding hydrogens is 475 g/mol. The average molecular weight is 517 g/mol. The summed E-state index contributed by atoms with van der Waals surface area (Å²) in [6.07, 6.45) is 3.64. The first-order valence-electron chi connectivity index (χ1n) is 13.4. The SMILES string of the molecule is C=c1c(C(C)C)nn(-c2noc(C3CCN(CC4CCN(C(=O)OC(C)(C)C)CC4)CC3)n2)c1=C(C)F. The molecule has 4 rings (SSSR count). The molecule has 4 heterocycles. The molecule has 37 heavy (non-hydrogen) atoms. The van der Waals surface area contributed by atoms with Crippen LogP contribution in [0.4, 0.5) is 9.18 Å². The Morgan fingerprint density at radius 2 is 1.81 bits per heavy atom. The predicted molar refractivity (Wildman–Crippen MR) is 139 cm³/mol. The topological polar surface area (TPSA) is 89.5 Å². The molecule has 2 aliphatic rings. The zero-order chi connectivity index (χ0) is 26.9. The molecule has 0 unspecified atom stereocenters. The Labute approximate surface area is 218 Å². The lowest BCUT2D eigenvalue weighted by Gasteiger charge is -2.37. The number of hydrogen-bond acceptors (Lipinski definition) is 7. The van der Waals surface area contributed by atoms with E-state index < -0.39 is 5.60 Å². The van der Waals surface area contributed by atoms with Gasteiger partial charge >= 0.3 is 6.09 Å². The fraction of sp³-hybridized carbons (Fsp3) is 0.704. The number of hydrogen-bond donors (Lipinski definition) is 0. The summed E-state index contributed by atoms with van der Waals surface area (Å²) in [5.74, 6) is 1.31. The molecule has 0 aromatic carbocycles. The van der Waals surface area contributed by atoms with Crippen molar-refractivity contribution in [1.29, 1.82) is 0 Å². The quantitative estimate of drug-likeness (QED) is 0.598. The van der Waals surface area contributed by atoms with Crippen molar-refractivity contribution in [1.82, 2.24) is 29.7 Å². The van der Waals surface area contributed by atoms with Gasteiger partial charge in [0.05, 0.1) is 5.69 Å². The highest BCUT2D eigenvalue weighted by molar-refractivity contribution is 5.68. The van der Waals surface area contributed by atoms with Gasteiger partial charge in [-0.15, -0.1) is 0 Å². The zero-order valence-electron chi connectivity index (χ0n) is 23.1. The van der Waals surface area contributed by atoms with Gasteiger partial charge in [0.1, 0.15) is 16.8 Å². The fourth-order valence-electron chi connectivity index (χ4n) is 5.26.